The van der Waals surface area contributed by atoms with Crippen molar-refractivity contribution in [3.05, 3.63) is 23.8 Å². The van der Waals surface area contributed by atoms with Crippen LogP contribution in [0.1, 0.15) is 30.6 Å². The van der Waals surface area contributed by atoms with Crippen molar-refractivity contribution in [1.82, 2.24) is 4.90 Å². The second kappa shape index (κ2) is 7.42. The van der Waals surface area contributed by atoms with Gasteiger partial charge in [-0.05, 0) is 24.5 Å². The molecule has 1 aromatic rings. The van der Waals surface area contributed by atoms with E-state index in [-0.39, 0.29) is 29.4 Å². The summed E-state index contributed by atoms with van der Waals surface area (Å²) < 4.78 is 34.1. The highest BCUT2D eigenvalue weighted by atomic mass is 32.2. The van der Waals surface area contributed by atoms with E-state index in [0.29, 0.717) is 30.0 Å². The molecule has 1 aliphatic heterocycles. The third-order valence-corrected chi connectivity index (χ3v) is 5.82. The van der Waals surface area contributed by atoms with Crippen molar-refractivity contribution in [3.8, 4) is 11.5 Å². The number of ether oxygens (including phenoxy) is 2. The summed E-state index contributed by atoms with van der Waals surface area (Å²) in [6, 6.07) is 4.73. The van der Waals surface area contributed by atoms with E-state index in [4.69, 9.17) is 9.47 Å². The predicted molar refractivity (Wildman–Crippen MR) is 92.5 cm³/mol. The van der Waals surface area contributed by atoms with E-state index in [1.807, 2.05) is 13.8 Å². The SMILES string of the molecule is COc1cc(OC)cc(C(=O)N(CC(C)C)C2CCS(=O)(=O)C2)c1. The normalized spacial score (nSPS) is 19.3. The molecule has 1 saturated heterocycles. The molecule has 1 aliphatic rings. The molecule has 24 heavy (non-hydrogen) atoms. The van der Waals surface area contributed by atoms with E-state index < -0.39 is 9.84 Å². The lowest BCUT2D eigenvalue weighted by Gasteiger charge is -2.30. The van der Waals surface area contributed by atoms with Gasteiger partial charge in [0.05, 0.1) is 25.7 Å². The zero-order chi connectivity index (χ0) is 17.9. The minimum Gasteiger partial charge on any atom is -0.497 e. The molecule has 0 radical (unpaired) electrons. The molecule has 0 aliphatic carbocycles. The highest BCUT2D eigenvalue weighted by molar-refractivity contribution is 7.91. The molecule has 6 nitrogen and oxygen atoms in total. The number of amides is 1. The van der Waals surface area contributed by atoms with Crippen molar-refractivity contribution < 1.29 is 22.7 Å². The maximum atomic E-state index is 13.0. The van der Waals surface area contributed by atoms with Crippen LogP contribution in [0, 0.1) is 5.92 Å². The van der Waals surface area contributed by atoms with Crippen molar-refractivity contribution in [3.63, 3.8) is 0 Å². The number of sulfone groups is 1. The van der Waals surface area contributed by atoms with Gasteiger partial charge in [-0.2, -0.15) is 0 Å². The zero-order valence-corrected chi connectivity index (χ0v) is 15.4. The number of benzene rings is 1. The minimum absolute atomic E-state index is 0.0343. The molecule has 1 fully saturated rings. The first-order valence-electron chi connectivity index (χ1n) is 8.00. The fourth-order valence-electron chi connectivity index (χ4n) is 2.91. The molecule has 0 N–H and O–H groups in total. The largest absolute Gasteiger partial charge is 0.497 e. The monoisotopic (exact) mass is 355 g/mol. The summed E-state index contributed by atoms with van der Waals surface area (Å²) in [5.41, 5.74) is 0.441. The van der Waals surface area contributed by atoms with Crippen molar-refractivity contribution in [2.45, 2.75) is 26.3 Å². The maximum absolute atomic E-state index is 13.0. The van der Waals surface area contributed by atoms with Crippen LogP contribution in [0.25, 0.3) is 0 Å². The summed E-state index contributed by atoms with van der Waals surface area (Å²) in [5.74, 6) is 1.28. The van der Waals surface area contributed by atoms with Gasteiger partial charge in [-0.3, -0.25) is 4.79 Å². The van der Waals surface area contributed by atoms with Gasteiger partial charge in [0, 0.05) is 24.2 Å². The third kappa shape index (κ3) is 4.41. The Hall–Kier alpha value is -1.76. The Labute approximate surface area is 143 Å². The van der Waals surface area contributed by atoms with Crippen molar-refractivity contribution in [1.29, 1.82) is 0 Å². The second-order valence-corrected chi connectivity index (χ2v) is 8.74. The van der Waals surface area contributed by atoms with Crippen molar-refractivity contribution >= 4 is 15.7 Å². The molecular formula is C17H25NO5S. The van der Waals surface area contributed by atoms with E-state index in [9.17, 15) is 13.2 Å². The first kappa shape index (κ1) is 18.6. The van der Waals surface area contributed by atoms with Gasteiger partial charge in [-0.15, -0.1) is 0 Å². The summed E-state index contributed by atoms with van der Waals surface area (Å²) in [4.78, 5) is 14.7. The summed E-state index contributed by atoms with van der Waals surface area (Å²) in [6.07, 6.45) is 0.488. The number of methoxy groups -OCH3 is 2. The van der Waals surface area contributed by atoms with Crippen LogP contribution < -0.4 is 9.47 Å². The summed E-state index contributed by atoms with van der Waals surface area (Å²) in [7, 11) is -0.00841. The van der Waals surface area contributed by atoms with Crippen LogP contribution >= 0.6 is 0 Å². The Morgan fingerprint density at radius 3 is 2.21 bits per heavy atom. The molecule has 0 spiro atoms. The topological polar surface area (TPSA) is 72.9 Å². The summed E-state index contributed by atoms with van der Waals surface area (Å²) >= 11 is 0. The van der Waals surface area contributed by atoms with Crippen LogP contribution in [0.15, 0.2) is 18.2 Å². The molecule has 1 aromatic carbocycles. The number of carbonyl (C=O) groups is 1. The fraction of sp³-hybridized carbons (Fsp3) is 0.588. The van der Waals surface area contributed by atoms with Crippen LogP contribution in [0.3, 0.4) is 0 Å². The van der Waals surface area contributed by atoms with Gasteiger partial charge in [-0.1, -0.05) is 13.8 Å². The highest BCUT2D eigenvalue weighted by Crippen LogP contribution is 2.26. The molecule has 0 aromatic heterocycles. The molecule has 7 heteroatoms. The fourth-order valence-corrected chi connectivity index (χ4v) is 4.64. The number of hydrogen-bond donors (Lipinski definition) is 0. The van der Waals surface area contributed by atoms with E-state index in [1.165, 1.54) is 14.2 Å². The Morgan fingerprint density at radius 1 is 1.21 bits per heavy atom. The molecule has 0 bridgehead atoms. The average molecular weight is 355 g/mol. The van der Waals surface area contributed by atoms with Crippen LogP contribution in [-0.2, 0) is 9.84 Å². The molecular weight excluding hydrogens is 330 g/mol. The molecule has 0 saturated carbocycles. The van der Waals surface area contributed by atoms with E-state index in [1.54, 1.807) is 23.1 Å². The Morgan fingerprint density at radius 2 is 1.79 bits per heavy atom. The van der Waals surface area contributed by atoms with Gasteiger partial charge in [-0.25, -0.2) is 8.42 Å². The maximum Gasteiger partial charge on any atom is 0.254 e. The zero-order valence-electron chi connectivity index (χ0n) is 14.6. The quantitative estimate of drug-likeness (QED) is 0.780. The number of nitrogens with zero attached hydrogens (tertiary/aromatic N) is 1. The van der Waals surface area contributed by atoms with Gasteiger partial charge in [0.25, 0.3) is 5.91 Å². The Balaban J connectivity index is 2.34. The van der Waals surface area contributed by atoms with Gasteiger partial charge in [0.1, 0.15) is 11.5 Å². The smallest absolute Gasteiger partial charge is 0.254 e. The van der Waals surface area contributed by atoms with Crippen LogP contribution in [0.5, 0.6) is 11.5 Å². The minimum atomic E-state index is -3.06. The Kier molecular flexibility index (Phi) is 5.74. The van der Waals surface area contributed by atoms with Crippen LogP contribution in [0.2, 0.25) is 0 Å². The molecule has 1 heterocycles. The lowest BCUT2D eigenvalue weighted by atomic mass is 10.1. The van der Waals surface area contributed by atoms with Crippen molar-refractivity contribution in [2.24, 2.45) is 5.92 Å². The summed E-state index contributed by atoms with van der Waals surface area (Å²) in [5, 5.41) is 0. The van der Waals surface area contributed by atoms with Crippen LogP contribution in [0.4, 0.5) is 0 Å². The molecule has 2 rings (SSSR count). The first-order chi connectivity index (χ1) is 11.3. The predicted octanol–water partition coefficient (Wildman–Crippen LogP) is 1.99. The van der Waals surface area contributed by atoms with E-state index >= 15 is 0 Å². The van der Waals surface area contributed by atoms with Crippen LogP contribution in [-0.4, -0.2) is 57.5 Å². The number of hydrogen-bond acceptors (Lipinski definition) is 5. The van der Waals surface area contributed by atoms with E-state index in [0.717, 1.165) is 0 Å². The number of rotatable bonds is 6. The van der Waals surface area contributed by atoms with Gasteiger partial charge in [0.15, 0.2) is 9.84 Å². The molecule has 1 atom stereocenters. The average Bonchev–Trinajstić information content (AvgIpc) is 2.90. The lowest BCUT2D eigenvalue weighted by molar-refractivity contribution is 0.0671. The van der Waals surface area contributed by atoms with Gasteiger partial charge in [0.2, 0.25) is 0 Å². The standard InChI is InChI=1S/C17H25NO5S/c1-12(2)10-18(14-5-6-24(20,21)11-14)17(19)13-7-15(22-3)9-16(8-13)23-4/h7-9,12,14H,5-6,10-11H2,1-4H3. The van der Waals surface area contributed by atoms with Crippen molar-refractivity contribution in [2.75, 3.05) is 32.3 Å². The van der Waals surface area contributed by atoms with Gasteiger partial charge < -0.3 is 14.4 Å². The van der Waals surface area contributed by atoms with Gasteiger partial charge >= 0.3 is 0 Å². The third-order valence-electron chi connectivity index (χ3n) is 4.07. The molecule has 134 valence electrons. The molecule has 1 amide bonds. The lowest BCUT2D eigenvalue weighted by Crippen LogP contribution is -2.43. The second-order valence-electron chi connectivity index (χ2n) is 6.51. The highest BCUT2D eigenvalue weighted by Gasteiger charge is 2.35. The first-order valence-corrected chi connectivity index (χ1v) is 9.82. The summed E-state index contributed by atoms with van der Waals surface area (Å²) in [6.45, 7) is 4.53. The molecule has 1 unspecified atom stereocenters. The number of carbonyl (C=O) groups excluding carboxylic acids is 1. The Bertz CT molecular complexity index is 677. The van der Waals surface area contributed by atoms with E-state index in [2.05, 4.69) is 0 Å².